The van der Waals surface area contributed by atoms with Gasteiger partial charge >= 0.3 is 0 Å². The fourth-order valence-electron chi connectivity index (χ4n) is 2.40. The summed E-state index contributed by atoms with van der Waals surface area (Å²) < 4.78 is 5.55. The lowest BCUT2D eigenvalue weighted by atomic mass is 10.2. The largest absolute Gasteiger partial charge is 0.444 e. The Bertz CT molecular complexity index is 853. The molecule has 0 fully saturated rings. The lowest BCUT2D eigenvalue weighted by molar-refractivity contribution is 0.572. The highest BCUT2D eigenvalue weighted by molar-refractivity contribution is 7.11. The molecule has 1 aromatic carbocycles. The summed E-state index contributed by atoms with van der Waals surface area (Å²) in [5.41, 5.74) is 2.85. The molecule has 0 saturated carbocycles. The first-order valence-electron chi connectivity index (χ1n) is 8.03. The van der Waals surface area contributed by atoms with Crippen molar-refractivity contribution < 1.29 is 4.42 Å². The molecule has 2 N–H and O–H groups in total. The Hall–Kier alpha value is -2.67. The van der Waals surface area contributed by atoms with Crippen LogP contribution in [0.2, 0.25) is 0 Å². The van der Waals surface area contributed by atoms with Gasteiger partial charge in [0.15, 0.2) is 5.96 Å². The molecule has 0 aliphatic rings. The zero-order valence-electron chi connectivity index (χ0n) is 14.5. The Labute approximate surface area is 151 Å². The van der Waals surface area contributed by atoms with E-state index in [2.05, 4.69) is 25.6 Å². The van der Waals surface area contributed by atoms with Gasteiger partial charge in [-0.3, -0.25) is 4.99 Å². The number of thiazole rings is 1. The summed E-state index contributed by atoms with van der Waals surface area (Å²) in [7, 11) is 1.75. The van der Waals surface area contributed by atoms with E-state index < -0.39 is 0 Å². The van der Waals surface area contributed by atoms with Crippen LogP contribution in [-0.4, -0.2) is 23.0 Å². The molecule has 0 bridgehead atoms. The summed E-state index contributed by atoms with van der Waals surface area (Å²) in [6.45, 7) is 5.28. The van der Waals surface area contributed by atoms with Crippen LogP contribution in [0.5, 0.6) is 0 Å². The molecular weight excluding hydrogens is 334 g/mol. The van der Waals surface area contributed by atoms with E-state index in [-0.39, 0.29) is 0 Å². The number of hydrogen-bond donors (Lipinski definition) is 2. The highest BCUT2D eigenvalue weighted by Gasteiger charge is 2.08. The summed E-state index contributed by atoms with van der Waals surface area (Å²) >= 11 is 1.70. The molecular formula is C18H21N5OS. The maximum Gasteiger partial charge on any atom is 0.226 e. The van der Waals surface area contributed by atoms with Crippen molar-refractivity contribution in [3.63, 3.8) is 0 Å². The second-order valence-electron chi connectivity index (χ2n) is 5.53. The van der Waals surface area contributed by atoms with Crippen LogP contribution >= 0.6 is 11.3 Å². The number of aromatic nitrogens is 2. The van der Waals surface area contributed by atoms with Crippen LogP contribution < -0.4 is 10.6 Å². The Morgan fingerprint density at radius 2 is 1.88 bits per heavy atom. The molecule has 7 heteroatoms. The number of benzene rings is 1. The number of aliphatic imine (C=N–C) groups is 1. The molecule has 0 aliphatic heterocycles. The molecule has 0 aliphatic carbocycles. The van der Waals surface area contributed by atoms with Crippen LogP contribution in [0.4, 0.5) is 0 Å². The fraction of sp³-hybridized carbons (Fsp3) is 0.278. The number of hydrogen-bond acceptors (Lipinski definition) is 5. The van der Waals surface area contributed by atoms with Crippen LogP contribution in [0.15, 0.2) is 46.0 Å². The van der Waals surface area contributed by atoms with Crippen molar-refractivity contribution in [2.24, 2.45) is 4.99 Å². The number of nitrogens with one attached hydrogen (secondary N) is 2. The van der Waals surface area contributed by atoms with Crippen molar-refractivity contribution in [2.75, 3.05) is 7.05 Å². The lowest BCUT2D eigenvalue weighted by Gasteiger charge is -2.10. The third-order valence-electron chi connectivity index (χ3n) is 3.65. The Morgan fingerprint density at radius 1 is 1.12 bits per heavy atom. The van der Waals surface area contributed by atoms with Gasteiger partial charge in [-0.25, -0.2) is 9.97 Å². The van der Waals surface area contributed by atoms with E-state index >= 15 is 0 Å². The first kappa shape index (κ1) is 17.2. The van der Waals surface area contributed by atoms with Crippen LogP contribution in [-0.2, 0) is 13.1 Å². The van der Waals surface area contributed by atoms with Gasteiger partial charge in [-0.05, 0) is 26.0 Å². The van der Waals surface area contributed by atoms with E-state index in [1.165, 1.54) is 4.88 Å². The van der Waals surface area contributed by atoms with Crippen molar-refractivity contribution >= 4 is 17.3 Å². The molecule has 0 atom stereocenters. The first-order valence-corrected chi connectivity index (χ1v) is 8.84. The van der Waals surface area contributed by atoms with E-state index in [9.17, 15) is 0 Å². The third-order valence-corrected chi connectivity index (χ3v) is 4.72. The van der Waals surface area contributed by atoms with Gasteiger partial charge in [-0.15, -0.1) is 11.3 Å². The second-order valence-corrected chi connectivity index (χ2v) is 6.82. The fourth-order valence-corrected chi connectivity index (χ4v) is 3.27. The van der Waals surface area contributed by atoms with Crippen LogP contribution in [0.25, 0.3) is 11.5 Å². The summed E-state index contributed by atoms with van der Waals surface area (Å²) in [6, 6.07) is 9.85. The third kappa shape index (κ3) is 4.45. The van der Waals surface area contributed by atoms with E-state index in [0.717, 1.165) is 27.9 Å². The smallest absolute Gasteiger partial charge is 0.226 e. The maximum absolute atomic E-state index is 5.55. The van der Waals surface area contributed by atoms with E-state index in [0.29, 0.717) is 19.0 Å². The van der Waals surface area contributed by atoms with Gasteiger partial charge in [0.1, 0.15) is 6.26 Å². The lowest BCUT2D eigenvalue weighted by Crippen LogP contribution is -2.36. The summed E-state index contributed by atoms with van der Waals surface area (Å²) in [5.74, 6) is 1.34. The highest BCUT2D eigenvalue weighted by Crippen LogP contribution is 2.18. The van der Waals surface area contributed by atoms with Crippen molar-refractivity contribution in [2.45, 2.75) is 26.9 Å². The van der Waals surface area contributed by atoms with E-state index in [1.54, 1.807) is 24.6 Å². The number of rotatable bonds is 5. The first-order chi connectivity index (χ1) is 12.2. The zero-order valence-corrected chi connectivity index (χ0v) is 15.4. The Kier molecular flexibility index (Phi) is 5.45. The molecule has 6 nitrogen and oxygen atoms in total. The number of aryl methyl sites for hydroxylation is 2. The predicted octanol–water partition coefficient (Wildman–Crippen LogP) is 3.28. The highest BCUT2D eigenvalue weighted by atomic mass is 32.1. The quantitative estimate of drug-likeness (QED) is 0.543. The average Bonchev–Trinajstić information content (AvgIpc) is 3.22. The van der Waals surface area contributed by atoms with Crippen LogP contribution in [0.3, 0.4) is 0 Å². The SMILES string of the molecule is CN=C(NCc1coc(-c2ccccc2)n1)NCc1sc(C)nc1C. The van der Waals surface area contributed by atoms with Gasteiger partial charge in [-0.2, -0.15) is 0 Å². The number of guanidine groups is 1. The van der Waals surface area contributed by atoms with Gasteiger partial charge in [-0.1, -0.05) is 18.2 Å². The predicted molar refractivity (Wildman–Crippen MR) is 101 cm³/mol. The molecule has 25 heavy (non-hydrogen) atoms. The minimum Gasteiger partial charge on any atom is -0.444 e. The molecule has 2 heterocycles. The molecule has 0 saturated heterocycles. The van der Waals surface area contributed by atoms with Crippen LogP contribution in [0, 0.1) is 13.8 Å². The minimum absolute atomic E-state index is 0.538. The second kappa shape index (κ2) is 7.94. The van der Waals surface area contributed by atoms with Crippen LogP contribution in [0.1, 0.15) is 21.3 Å². The zero-order chi connectivity index (χ0) is 17.6. The van der Waals surface area contributed by atoms with E-state index in [1.807, 2.05) is 44.2 Å². The van der Waals surface area contributed by atoms with Gasteiger partial charge in [0.2, 0.25) is 5.89 Å². The summed E-state index contributed by atoms with van der Waals surface area (Å²) in [5, 5.41) is 7.62. The summed E-state index contributed by atoms with van der Waals surface area (Å²) in [6.07, 6.45) is 1.67. The molecule has 0 spiro atoms. The molecule has 3 aromatic rings. The van der Waals surface area contributed by atoms with Gasteiger partial charge < -0.3 is 15.1 Å². The number of oxazole rings is 1. The molecule has 0 unspecified atom stereocenters. The molecule has 0 amide bonds. The van der Waals surface area contributed by atoms with Crippen molar-refractivity contribution in [1.29, 1.82) is 0 Å². The minimum atomic E-state index is 0.538. The van der Waals surface area contributed by atoms with E-state index in [4.69, 9.17) is 4.42 Å². The average molecular weight is 355 g/mol. The standard InChI is InChI=1S/C18H21N5OS/c1-12-16(25-13(2)22-12)10-21-18(19-3)20-9-15-11-24-17(23-15)14-7-5-4-6-8-14/h4-8,11H,9-10H2,1-3H3,(H2,19,20,21). The molecule has 2 aromatic heterocycles. The molecule has 3 rings (SSSR count). The molecule has 130 valence electrons. The maximum atomic E-state index is 5.55. The van der Waals surface area contributed by atoms with Crippen molar-refractivity contribution in [3.05, 3.63) is 57.9 Å². The normalized spacial score (nSPS) is 11.6. The Morgan fingerprint density at radius 3 is 2.56 bits per heavy atom. The van der Waals surface area contributed by atoms with Gasteiger partial charge in [0, 0.05) is 17.5 Å². The van der Waals surface area contributed by atoms with Gasteiger partial charge in [0.05, 0.1) is 29.5 Å². The monoisotopic (exact) mass is 355 g/mol. The van der Waals surface area contributed by atoms with Crippen molar-refractivity contribution in [3.8, 4) is 11.5 Å². The number of nitrogens with zero attached hydrogens (tertiary/aromatic N) is 3. The topological polar surface area (TPSA) is 75.3 Å². The van der Waals surface area contributed by atoms with Crippen molar-refractivity contribution in [1.82, 2.24) is 20.6 Å². The van der Waals surface area contributed by atoms with Gasteiger partial charge in [0.25, 0.3) is 0 Å². The summed E-state index contributed by atoms with van der Waals surface area (Å²) in [4.78, 5) is 14.4. The Balaban J connectivity index is 1.55. The molecule has 0 radical (unpaired) electrons.